The molecule has 6 nitrogen and oxygen atoms in total. The summed E-state index contributed by atoms with van der Waals surface area (Å²) >= 11 is 0. The minimum atomic E-state index is 0.217. The van der Waals surface area contributed by atoms with E-state index in [2.05, 4.69) is 44.2 Å². The topological polar surface area (TPSA) is 91.0 Å². The molecule has 0 aliphatic carbocycles. The van der Waals surface area contributed by atoms with E-state index < -0.39 is 0 Å². The molecule has 0 atom stereocenters. The quantitative estimate of drug-likeness (QED) is 0.213. The van der Waals surface area contributed by atoms with Crippen molar-refractivity contribution in [1.82, 2.24) is 9.97 Å². The van der Waals surface area contributed by atoms with E-state index >= 15 is 0 Å². The number of aromatic nitrogens is 2. The van der Waals surface area contributed by atoms with Crippen molar-refractivity contribution in [3.63, 3.8) is 0 Å². The third-order valence-electron chi connectivity index (χ3n) is 5.04. The van der Waals surface area contributed by atoms with Crippen molar-refractivity contribution in [2.75, 3.05) is 13.1 Å². The second-order valence-corrected chi connectivity index (χ2v) is 7.40. The van der Waals surface area contributed by atoms with Crippen molar-refractivity contribution in [3.8, 4) is 11.5 Å². The normalized spacial score (nSPS) is 11.2. The minimum absolute atomic E-state index is 0.217. The Morgan fingerprint density at radius 3 is 1.44 bits per heavy atom. The first-order valence-electron chi connectivity index (χ1n) is 10.9. The maximum atomic E-state index is 9.54. The molecule has 5 aromatic rings. The molecule has 6 heteroatoms. The SMILES string of the molecule is Oc1ccccc1C=NCCN=Cc1ccccc1O.c1cnc2c(c1)ccc1cccnc12. The highest BCUT2D eigenvalue weighted by molar-refractivity contribution is 6.02. The number of para-hydroxylation sites is 2. The number of phenolic OH excluding ortho intramolecular Hbond substituents is 2. The predicted octanol–water partition coefficient (Wildman–Crippen LogP) is 5.42. The number of fused-ring (bicyclic) bond motifs is 3. The van der Waals surface area contributed by atoms with E-state index in [-0.39, 0.29) is 11.5 Å². The third kappa shape index (κ3) is 5.81. The molecule has 0 bridgehead atoms. The summed E-state index contributed by atoms with van der Waals surface area (Å²) in [6.07, 6.45) is 6.86. The van der Waals surface area contributed by atoms with Gasteiger partial charge in [-0.15, -0.1) is 0 Å². The Labute approximate surface area is 197 Å². The fourth-order valence-corrected chi connectivity index (χ4v) is 3.31. The maximum Gasteiger partial charge on any atom is 0.124 e. The number of phenols is 2. The van der Waals surface area contributed by atoms with Gasteiger partial charge in [-0.1, -0.05) is 48.5 Å². The van der Waals surface area contributed by atoms with Gasteiger partial charge in [-0.3, -0.25) is 20.0 Å². The summed E-state index contributed by atoms with van der Waals surface area (Å²) in [6, 6.07) is 26.2. The molecule has 0 spiro atoms. The number of nitrogens with zero attached hydrogens (tertiary/aromatic N) is 4. The smallest absolute Gasteiger partial charge is 0.124 e. The van der Waals surface area contributed by atoms with E-state index in [0.717, 1.165) is 21.8 Å². The van der Waals surface area contributed by atoms with Gasteiger partial charge in [0, 0.05) is 46.7 Å². The first-order valence-corrected chi connectivity index (χ1v) is 10.9. The third-order valence-corrected chi connectivity index (χ3v) is 5.04. The van der Waals surface area contributed by atoms with Crippen molar-refractivity contribution in [2.24, 2.45) is 9.98 Å². The Balaban J connectivity index is 0.000000170. The molecule has 0 amide bonds. The molecule has 0 fully saturated rings. The van der Waals surface area contributed by atoms with Gasteiger partial charge in [-0.05, 0) is 36.4 Å². The molecule has 0 saturated carbocycles. The number of pyridine rings is 2. The van der Waals surface area contributed by atoms with Crippen molar-refractivity contribution in [3.05, 3.63) is 108 Å². The van der Waals surface area contributed by atoms with Crippen LogP contribution in [0.5, 0.6) is 11.5 Å². The fourth-order valence-electron chi connectivity index (χ4n) is 3.31. The van der Waals surface area contributed by atoms with Crippen LogP contribution >= 0.6 is 0 Å². The van der Waals surface area contributed by atoms with Gasteiger partial charge in [0.1, 0.15) is 11.5 Å². The molecule has 2 aromatic heterocycles. The van der Waals surface area contributed by atoms with E-state index in [0.29, 0.717) is 24.2 Å². The summed E-state index contributed by atoms with van der Waals surface area (Å²) in [4.78, 5) is 17.1. The van der Waals surface area contributed by atoms with Gasteiger partial charge in [-0.2, -0.15) is 0 Å². The van der Waals surface area contributed by atoms with Crippen LogP contribution in [0.1, 0.15) is 11.1 Å². The van der Waals surface area contributed by atoms with Gasteiger partial charge in [0.05, 0.1) is 24.1 Å². The van der Waals surface area contributed by atoms with Crippen LogP contribution in [0.25, 0.3) is 21.8 Å². The number of hydrogen-bond donors (Lipinski definition) is 2. The molecule has 0 unspecified atom stereocenters. The Kier molecular flexibility index (Phi) is 7.54. The first-order chi connectivity index (χ1) is 16.7. The van der Waals surface area contributed by atoms with E-state index in [1.807, 2.05) is 24.3 Å². The number of benzene rings is 3. The summed E-state index contributed by atoms with van der Waals surface area (Å²) < 4.78 is 0. The largest absolute Gasteiger partial charge is 0.507 e. The number of hydrogen-bond acceptors (Lipinski definition) is 6. The average Bonchev–Trinajstić information content (AvgIpc) is 2.88. The Morgan fingerprint density at radius 1 is 0.559 bits per heavy atom. The second-order valence-electron chi connectivity index (χ2n) is 7.40. The molecule has 0 aliphatic rings. The molecule has 2 N–H and O–H groups in total. The summed E-state index contributed by atoms with van der Waals surface area (Å²) in [5.41, 5.74) is 3.34. The van der Waals surface area contributed by atoms with Gasteiger partial charge in [0.15, 0.2) is 0 Å². The molecule has 5 rings (SSSR count). The standard InChI is InChI=1S/C16H16N2O2.C12H8N2/c19-15-7-3-1-5-13(15)11-17-9-10-18-12-14-6-2-4-8-16(14)20;1-3-9-5-6-10-4-2-8-14-12(10)11(9)13-7-1/h1-8,11-12,19-20H,9-10H2;1-8H. The number of aliphatic imine (C=N–C) groups is 2. The molecular formula is C28H24N4O2. The zero-order chi connectivity index (χ0) is 23.6. The van der Waals surface area contributed by atoms with Gasteiger partial charge in [-0.25, -0.2) is 0 Å². The van der Waals surface area contributed by atoms with Gasteiger partial charge >= 0.3 is 0 Å². The Bertz CT molecular complexity index is 1340. The van der Waals surface area contributed by atoms with Crippen molar-refractivity contribution >= 4 is 34.2 Å². The van der Waals surface area contributed by atoms with Crippen LogP contribution < -0.4 is 0 Å². The van der Waals surface area contributed by atoms with E-state index in [1.54, 1.807) is 61.2 Å². The summed E-state index contributed by atoms with van der Waals surface area (Å²) in [6.45, 7) is 1.05. The molecule has 0 radical (unpaired) electrons. The van der Waals surface area contributed by atoms with Crippen LogP contribution in [0.2, 0.25) is 0 Å². The van der Waals surface area contributed by atoms with Crippen LogP contribution in [0, 0.1) is 0 Å². The van der Waals surface area contributed by atoms with Crippen LogP contribution in [-0.4, -0.2) is 45.7 Å². The van der Waals surface area contributed by atoms with Gasteiger partial charge in [0.25, 0.3) is 0 Å². The highest BCUT2D eigenvalue weighted by Gasteiger charge is 2.00. The van der Waals surface area contributed by atoms with Crippen LogP contribution in [0.4, 0.5) is 0 Å². The lowest BCUT2D eigenvalue weighted by atomic mass is 10.1. The lowest BCUT2D eigenvalue weighted by molar-refractivity contribution is 0.474. The Hall–Kier alpha value is -4.58. The number of aromatic hydroxyl groups is 2. The highest BCUT2D eigenvalue weighted by atomic mass is 16.3. The molecular weight excluding hydrogens is 424 g/mol. The first kappa shape index (κ1) is 22.6. The lowest BCUT2D eigenvalue weighted by Gasteiger charge is -2.00. The van der Waals surface area contributed by atoms with Crippen LogP contribution in [-0.2, 0) is 0 Å². The molecule has 3 aromatic carbocycles. The minimum Gasteiger partial charge on any atom is -0.507 e. The average molecular weight is 449 g/mol. The van der Waals surface area contributed by atoms with E-state index in [4.69, 9.17) is 0 Å². The molecule has 168 valence electrons. The summed E-state index contributed by atoms with van der Waals surface area (Å²) in [5.74, 6) is 0.433. The van der Waals surface area contributed by atoms with Gasteiger partial charge in [0.2, 0.25) is 0 Å². The van der Waals surface area contributed by atoms with Crippen molar-refractivity contribution in [1.29, 1.82) is 0 Å². The second kappa shape index (κ2) is 11.3. The lowest BCUT2D eigenvalue weighted by Crippen LogP contribution is -1.91. The number of rotatable bonds is 5. The Morgan fingerprint density at radius 2 is 1.00 bits per heavy atom. The predicted molar refractivity (Wildman–Crippen MR) is 138 cm³/mol. The zero-order valence-electron chi connectivity index (χ0n) is 18.5. The van der Waals surface area contributed by atoms with Crippen LogP contribution in [0.15, 0.2) is 107 Å². The molecule has 0 saturated heterocycles. The van der Waals surface area contributed by atoms with E-state index in [9.17, 15) is 10.2 Å². The van der Waals surface area contributed by atoms with Crippen molar-refractivity contribution in [2.45, 2.75) is 0 Å². The highest BCUT2D eigenvalue weighted by Crippen LogP contribution is 2.20. The van der Waals surface area contributed by atoms with Crippen molar-refractivity contribution < 1.29 is 10.2 Å². The van der Waals surface area contributed by atoms with E-state index in [1.165, 1.54) is 0 Å². The van der Waals surface area contributed by atoms with Gasteiger partial charge < -0.3 is 10.2 Å². The zero-order valence-corrected chi connectivity index (χ0v) is 18.5. The fraction of sp³-hybridized carbons (Fsp3) is 0.0714. The molecule has 0 aliphatic heterocycles. The van der Waals surface area contributed by atoms with Crippen LogP contribution in [0.3, 0.4) is 0 Å². The molecule has 34 heavy (non-hydrogen) atoms. The molecule has 2 heterocycles. The summed E-state index contributed by atoms with van der Waals surface area (Å²) in [7, 11) is 0. The monoisotopic (exact) mass is 448 g/mol. The summed E-state index contributed by atoms with van der Waals surface area (Å²) in [5, 5.41) is 21.4. The maximum absolute atomic E-state index is 9.54.